The highest BCUT2D eigenvalue weighted by Gasteiger charge is 2.20. The molecule has 8 nitrogen and oxygen atoms in total. The number of furan rings is 1. The Bertz CT molecular complexity index is 1290. The molecule has 4 aromatic rings. The highest BCUT2D eigenvalue weighted by atomic mass is 32.2. The number of benzene rings is 2. The minimum Gasteiger partial charge on any atom is -0.497 e. The van der Waals surface area contributed by atoms with Crippen molar-refractivity contribution in [2.24, 2.45) is 0 Å². The maximum absolute atomic E-state index is 13.1. The lowest BCUT2D eigenvalue weighted by atomic mass is 10.2. The molecule has 1 amide bonds. The first kappa shape index (κ1) is 24.1. The van der Waals surface area contributed by atoms with E-state index in [-0.39, 0.29) is 18.1 Å². The molecule has 2 aromatic heterocycles. The summed E-state index contributed by atoms with van der Waals surface area (Å²) in [5, 5.41) is 18.5. The van der Waals surface area contributed by atoms with Gasteiger partial charge in [0.15, 0.2) is 11.0 Å². The van der Waals surface area contributed by atoms with Crippen molar-refractivity contribution < 1.29 is 13.9 Å². The van der Waals surface area contributed by atoms with Crippen molar-refractivity contribution in [3.05, 3.63) is 78.3 Å². The van der Waals surface area contributed by atoms with Gasteiger partial charge in [0.05, 0.1) is 38.2 Å². The number of amides is 1. The second-order valence-electron chi connectivity index (χ2n) is 7.80. The fourth-order valence-electron chi connectivity index (χ4n) is 3.50. The standard InChI is InChI=1S/C26H25N5O3S/c1-19-6-10-21(11-7-19)31-25(20-8-12-22(33-2)13-9-20)28-29-26(31)35-18-24(32)30(15-4-14-27)17-23-5-3-16-34-23/h3,5-13,16H,4,15,17-18H2,1-2H3. The Morgan fingerprint density at radius 2 is 1.91 bits per heavy atom. The summed E-state index contributed by atoms with van der Waals surface area (Å²) in [5.41, 5.74) is 2.92. The van der Waals surface area contributed by atoms with Crippen LogP contribution in [0.15, 0.2) is 76.5 Å². The van der Waals surface area contributed by atoms with Crippen LogP contribution in [0.25, 0.3) is 17.1 Å². The summed E-state index contributed by atoms with van der Waals surface area (Å²) in [5.74, 6) is 2.14. The maximum Gasteiger partial charge on any atom is 0.233 e. The number of carbonyl (C=O) groups is 1. The smallest absolute Gasteiger partial charge is 0.233 e. The van der Waals surface area contributed by atoms with Crippen LogP contribution in [-0.4, -0.2) is 45.0 Å². The van der Waals surface area contributed by atoms with E-state index in [1.54, 1.807) is 24.3 Å². The van der Waals surface area contributed by atoms with E-state index in [0.29, 0.717) is 29.8 Å². The van der Waals surface area contributed by atoms with Crippen molar-refractivity contribution in [1.29, 1.82) is 5.26 Å². The third-order valence-corrected chi connectivity index (χ3v) is 6.29. The highest BCUT2D eigenvalue weighted by molar-refractivity contribution is 7.99. The van der Waals surface area contributed by atoms with Crippen LogP contribution < -0.4 is 4.74 Å². The molecule has 0 radical (unpaired) electrons. The largest absolute Gasteiger partial charge is 0.497 e. The Morgan fingerprint density at radius 1 is 1.14 bits per heavy atom. The van der Waals surface area contributed by atoms with Gasteiger partial charge in [0.25, 0.3) is 0 Å². The molecule has 0 bridgehead atoms. The second-order valence-corrected chi connectivity index (χ2v) is 8.74. The Kier molecular flexibility index (Phi) is 7.85. The van der Waals surface area contributed by atoms with E-state index in [0.717, 1.165) is 22.6 Å². The Labute approximate surface area is 208 Å². The van der Waals surface area contributed by atoms with E-state index in [4.69, 9.17) is 14.4 Å². The molecule has 35 heavy (non-hydrogen) atoms. The first-order valence-corrected chi connectivity index (χ1v) is 12.0. The van der Waals surface area contributed by atoms with E-state index >= 15 is 0 Å². The zero-order chi connectivity index (χ0) is 24.6. The van der Waals surface area contributed by atoms with Crippen LogP contribution in [-0.2, 0) is 11.3 Å². The van der Waals surface area contributed by atoms with Crippen LogP contribution in [0.5, 0.6) is 5.75 Å². The van der Waals surface area contributed by atoms with Gasteiger partial charge in [0.1, 0.15) is 11.5 Å². The number of methoxy groups -OCH3 is 1. The first-order valence-electron chi connectivity index (χ1n) is 11.1. The fourth-order valence-corrected chi connectivity index (χ4v) is 4.36. The van der Waals surface area contributed by atoms with Gasteiger partial charge in [0.2, 0.25) is 5.91 Å². The number of nitrogens with zero attached hydrogens (tertiary/aromatic N) is 5. The van der Waals surface area contributed by atoms with Crippen molar-refractivity contribution in [2.75, 3.05) is 19.4 Å². The third kappa shape index (κ3) is 5.91. The number of rotatable bonds is 10. The van der Waals surface area contributed by atoms with E-state index in [1.165, 1.54) is 11.8 Å². The normalized spacial score (nSPS) is 10.7. The summed E-state index contributed by atoms with van der Waals surface area (Å²) in [6.45, 7) is 2.68. The molecule has 0 spiro atoms. The zero-order valence-corrected chi connectivity index (χ0v) is 20.4. The van der Waals surface area contributed by atoms with E-state index in [2.05, 4.69) is 16.3 Å². The molecule has 2 heterocycles. The molecule has 0 saturated heterocycles. The Balaban J connectivity index is 1.59. The lowest BCUT2D eigenvalue weighted by Crippen LogP contribution is -2.32. The van der Waals surface area contributed by atoms with Crippen LogP contribution in [0, 0.1) is 18.3 Å². The van der Waals surface area contributed by atoms with Gasteiger partial charge in [-0.15, -0.1) is 10.2 Å². The fraction of sp³-hybridized carbons (Fsp3) is 0.231. The van der Waals surface area contributed by atoms with Crippen LogP contribution in [0.3, 0.4) is 0 Å². The average Bonchev–Trinajstić information content (AvgIpc) is 3.55. The SMILES string of the molecule is COc1ccc(-c2nnc(SCC(=O)N(CCC#N)Cc3ccco3)n2-c2ccc(C)cc2)cc1. The van der Waals surface area contributed by atoms with Crippen molar-refractivity contribution in [1.82, 2.24) is 19.7 Å². The van der Waals surface area contributed by atoms with Crippen LogP contribution in [0.2, 0.25) is 0 Å². The van der Waals surface area contributed by atoms with Gasteiger partial charge in [-0.3, -0.25) is 9.36 Å². The lowest BCUT2D eigenvalue weighted by molar-refractivity contribution is -0.129. The van der Waals surface area contributed by atoms with Crippen LogP contribution in [0.4, 0.5) is 0 Å². The molecule has 0 aliphatic rings. The lowest BCUT2D eigenvalue weighted by Gasteiger charge is -2.20. The molecule has 0 aliphatic heterocycles. The molecule has 4 rings (SSSR count). The summed E-state index contributed by atoms with van der Waals surface area (Å²) in [6, 6.07) is 21.4. The summed E-state index contributed by atoms with van der Waals surface area (Å²) >= 11 is 1.31. The van der Waals surface area contributed by atoms with Crippen LogP contribution >= 0.6 is 11.8 Å². The summed E-state index contributed by atoms with van der Waals surface area (Å²) < 4.78 is 12.6. The highest BCUT2D eigenvalue weighted by Crippen LogP contribution is 2.29. The molecule has 9 heteroatoms. The van der Waals surface area contributed by atoms with Gasteiger partial charge >= 0.3 is 0 Å². The van der Waals surface area contributed by atoms with Gasteiger partial charge in [0, 0.05) is 17.8 Å². The number of aryl methyl sites for hydroxylation is 1. The summed E-state index contributed by atoms with van der Waals surface area (Å²) in [6.07, 6.45) is 1.82. The van der Waals surface area contributed by atoms with Crippen molar-refractivity contribution in [3.63, 3.8) is 0 Å². The molecule has 0 N–H and O–H groups in total. The first-order chi connectivity index (χ1) is 17.1. The van der Waals surface area contributed by atoms with Gasteiger partial charge in [-0.1, -0.05) is 29.5 Å². The van der Waals surface area contributed by atoms with Crippen molar-refractivity contribution in [3.8, 4) is 28.9 Å². The number of thioether (sulfide) groups is 1. The van der Waals surface area contributed by atoms with Crippen molar-refractivity contribution in [2.45, 2.75) is 25.0 Å². The third-order valence-electron chi connectivity index (χ3n) is 5.37. The Hall–Kier alpha value is -4.03. The predicted molar refractivity (Wildman–Crippen MR) is 133 cm³/mol. The molecule has 0 aliphatic carbocycles. The topological polar surface area (TPSA) is 97.2 Å². The monoisotopic (exact) mass is 487 g/mol. The molecule has 0 unspecified atom stereocenters. The van der Waals surface area contributed by atoms with Gasteiger partial charge in [-0.25, -0.2) is 0 Å². The number of ether oxygens (including phenoxy) is 1. The quantitative estimate of drug-likeness (QED) is 0.294. The second kappa shape index (κ2) is 11.4. The number of hydrogen-bond donors (Lipinski definition) is 0. The number of aromatic nitrogens is 3. The van der Waals surface area contributed by atoms with E-state index in [1.807, 2.05) is 66.1 Å². The molecule has 0 atom stereocenters. The molecule has 2 aromatic carbocycles. The van der Waals surface area contributed by atoms with Gasteiger partial charge in [-0.2, -0.15) is 5.26 Å². The van der Waals surface area contributed by atoms with E-state index in [9.17, 15) is 4.79 Å². The number of hydrogen-bond acceptors (Lipinski definition) is 7. The van der Waals surface area contributed by atoms with Gasteiger partial charge < -0.3 is 14.1 Å². The Morgan fingerprint density at radius 3 is 2.57 bits per heavy atom. The molecule has 0 fully saturated rings. The van der Waals surface area contributed by atoms with E-state index < -0.39 is 0 Å². The van der Waals surface area contributed by atoms with Gasteiger partial charge in [-0.05, 0) is 55.5 Å². The molecular weight excluding hydrogens is 462 g/mol. The van der Waals surface area contributed by atoms with Crippen molar-refractivity contribution >= 4 is 17.7 Å². The predicted octanol–water partition coefficient (Wildman–Crippen LogP) is 4.88. The molecular formula is C26H25N5O3S. The zero-order valence-electron chi connectivity index (χ0n) is 19.5. The number of carbonyl (C=O) groups excluding carboxylic acids is 1. The molecule has 178 valence electrons. The molecule has 0 saturated carbocycles. The minimum absolute atomic E-state index is 0.105. The van der Waals surface area contributed by atoms with Crippen LogP contribution in [0.1, 0.15) is 17.7 Å². The maximum atomic E-state index is 13.1. The minimum atomic E-state index is -0.105. The summed E-state index contributed by atoms with van der Waals surface area (Å²) in [4.78, 5) is 14.7. The number of nitriles is 1. The average molecular weight is 488 g/mol. The summed E-state index contributed by atoms with van der Waals surface area (Å²) in [7, 11) is 1.63.